The van der Waals surface area contributed by atoms with E-state index in [1.165, 1.54) is 5.56 Å². The summed E-state index contributed by atoms with van der Waals surface area (Å²) < 4.78 is 31.6. The van der Waals surface area contributed by atoms with Crippen LogP contribution in [0.5, 0.6) is 5.75 Å². The minimum Gasteiger partial charge on any atom is -0.497 e. The van der Waals surface area contributed by atoms with Crippen LogP contribution in [-0.2, 0) is 11.3 Å². The van der Waals surface area contributed by atoms with Crippen LogP contribution in [0.2, 0.25) is 0 Å². The highest BCUT2D eigenvalue weighted by atomic mass is 19.1. The second-order valence-corrected chi connectivity index (χ2v) is 7.31. The number of halogens is 2. The van der Waals surface area contributed by atoms with Gasteiger partial charge >= 0.3 is 0 Å². The average Bonchev–Trinajstić information content (AvgIpc) is 2.73. The fourth-order valence-electron chi connectivity index (χ4n) is 3.49. The maximum absolute atomic E-state index is 13.2. The number of methoxy groups -OCH3 is 1. The van der Waals surface area contributed by atoms with Gasteiger partial charge in [0.15, 0.2) is 0 Å². The Morgan fingerprint density at radius 2 is 1.80 bits per heavy atom. The van der Waals surface area contributed by atoms with Crippen LogP contribution in [0.1, 0.15) is 28.8 Å². The van der Waals surface area contributed by atoms with Crippen molar-refractivity contribution >= 4 is 11.8 Å². The number of piperidine rings is 1. The van der Waals surface area contributed by atoms with E-state index >= 15 is 0 Å². The summed E-state index contributed by atoms with van der Waals surface area (Å²) in [4.78, 5) is 26.4. The van der Waals surface area contributed by atoms with Crippen LogP contribution in [0.25, 0.3) is 0 Å². The van der Waals surface area contributed by atoms with Crippen molar-refractivity contribution in [2.24, 2.45) is 0 Å². The molecule has 1 aliphatic heterocycles. The van der Waals surface area contributed by atoms with E-state index in [9.17, 15) is 18.4 Å². The zero-order chi connectivity index (χ0) is 21.5. The number of benzene rings is 2. The Kier molecular flexibility index (Phi) is 7.35. The molecule has 0 spiro atoms. The van der Waals surface area contributed by atoms with Crippen molar-refractivity contribution in [2.45, 2.75) is 25.4 Å². The third kappa shape index (κ3) is 6.25. The number of hydrogen-bond acceptors (Lipinski definition) is 4. The predicted molar refractivity (Wildman–Crippen MR) is 108 cm³/mol. The molecular formula is C22H25F2N3O3. The average molecular weight is 417 g/mol. The van der Waals surface area contributed by atoms with Crippen molar-refractivity contribution < 1.29 is 23.1 Å². The number of rotatable bonds is 7. The molecule has 0 saturated carbocycles. The minimum atomic E-state index is -0.842. The molecule has 0 aromatic heterocycles. The topological polar surface area (TPSA) is 70.7 Å². The predicted octanol–water partition coefficient (Wildman–Crippen LogP) is 2.48. The normalized spacial score (nSPS) is 14.9. The Morgan fingerprint density at radius 3 is 2.47 bits per heavy atom. The smallest absolute Gasteiger partial charge is 0.251 e. The lowest BCUT2D eigenvalue weighted by atomic mass is 10.0. The first-order valence-electron chi connectivity index (χ1n) is 9.82. The van der Waals surface area contributed by atoms with Gasteiger partial charge in [-0.1, -0.05) is 12.1 Å². The standard InChI is InChI=1S/C22H25F2N3O3/c1-30-20-4-2-3-15(9-20)14-27-7-5-19(6-8-27)26-21(28)13-25-22(29)16-10-17(23)12-18(24)11-16/h2-4,9-12,19H,5-8,13-14H2,1H3,(H,25,29)(H,26,28). The van der Waals surface area contributed by atoms with Gasteiger partial charge in [0, 0.05) is 37.3 Å². The Labute approximate surface area is 174 Å². The van der Waals surface area contributed by atoms with E-state index in [1.807, 2.05) is 18.2 Å². The largest absolute Gasteiger partial charge is 0.497 e. The maximum atomic E-state index is 13.2. The number of carbonyl (C=O) groups is 2. The molecule has 1 saturated heterocycles. The summed E-state index contributed by atoms with van der Waals surface area (Å²) in [6, 6.07) is 10.5. The van der Waals surface area contributed by atoms with E-state index in [0.29, 0.717) is 6.07 Å². The number of nitrogens with zero attached hydrogens (tertiary/aromatic N) is 1. The van der Waals surface area contributed by atoms with Crippen molar-refractivity contribution in [2.75, 3.05) is 26.7 Å². The van der Waals surface area contributed by atoms with Crippen molar-refractivity contribution in [3.63, 3.8) is 0 Å². The number of likely N-dealkylation sites (tertiary alicyclic amines) is 1. The van der Waals surface area contributed by atoms with Crippen molar-refractivity contribution in [1.82, 2.24) is 15.5 Å². The first-order valence-corrected chi connectivity index (χ1v) is 9.82. The van der Waals surface area contributed by atoms with Gasteiger partial charge in [0.1, 0.15) is 17.4 Å². The molecule has 2 aromatic carbocycles. The van der Waals surface area contributed by atoms with Crippen LogP contribution in [0.15, 0.2) is 42.5 Å². The van der Waals surface area contributed by atoms with Crippen LogP contribution in [0.3, 0.4) is 0 Å². The molecule has 8 heteroatoms. The first kappa shape index (κ1) is 21.7. The molecule has 0 radical (unpaired) electrons. The van der Waals surface area contributed by atoms with Crippen molar-refractivity contribution in [3.8, 4) is 5.75 Å². The molecule has 3 rings (SSSR count). The van der Waals surface area contributed by atoms with Gasteiger partial charge in [0.2, 0.25) is 5.91 Å². The van der Waals surface area contributed by atoms with Gasteiger partial charge in [-0.25, -0.2) is 8.78 Å². The van der Waals surface area contributed by atoms with Gasteiger partial charge in [-0.15, -0.1) is 0 Å². The Bertz CT molecular complexity index is 879. The van der Waals surface area contributed by atoms with E-state index < -0.39 is 17.5 Å². The van der Waals surface area contributed by atoms with E-state index in [2.05, 4.69) is 21.6 Å². The van der Waals surface area contributed by atoms with Crippen LogP contribution in [-0.4, -0.2) is 49.5 Å². The lowest BCUT2D eigenvalue weighted by Gasteiger charge is -2.32. The van der Waals surface area contributed by atoms with Gasteiger partial charge in [0.25, 0.3) is 5.91 Å². The molecule has 1 fully saturated rings. The van der Waals surface area contributed by atoms with Gasteiger partial charge in [-0.3, -0.25) is 14.5 Å². The highest BCUT2D eigenvalue weighted by Gasteiger charge is 2.21. The van der Waals surface area contributed by atoms with Crippen molar-refractivity contribution in [1.29, 1.82) is 0 Å². The second-order valence-electron chi connectivity index (χ2n) is 7.31. The van der Waals surface area contributed by atoms with Crippen LogP contribution >= 0.6 is 0 Å². The molecule has 2 amide bonds. The lowest BCUT2D eigenvalue weighted by molar-refractivity contribution is -0.121. The Morgan fingerprint density at radius 1 is 1.10 bits per heavy atom. The molecule has 160 valence electrons. The van der Waals surface area contributed by atoms with Crippen molar-refractivity contribution in [3.05, 3.63) is 65.2 Å². The van der Waals surface area contributed by atoms with E-state index in [4.69, 9.17) is 4.74 Å². The highest BCUT2D eigenvalue weighted by Crippen LogP contribution is 2.17. The summed E-state index contributed by atoms with van der Waals surface area (Å²) in [7, 11) is 1.64. The number of ether oxygens (including phenoxy) is 1. The minimum absolute atomic E-state index is 0.0302. The summed E-state index contributed by atoms with van der Waals surface area (Å²) >= 11 is 0. The highest BCUT2D eigenvalue weighted by molar-refractivity contribution is 5.96. The SMILES string of the molecule is COc1cccc(CN2CCC(NC(=O)CNC(=O)c3cc(F)cc(F)c3)CC2)c1. The molecule has 1 heterocycles. The Hall–Kier alpha value is -3.00. The molecule has 0 bridgehead atoms. The zero-order valence-corrected chi connectivity index (χ0v) is 16.8. The Balaban J connectivity index is 1.40. The molecule has 0 atom stereocenters. The van der Waals surface area contributed by atoms with E-state index in [1.54, 1.807) is 7.11 Å². The van der Waals surface area contributed by atoms with E-state index in [-0.39, 0.29) is 24.1 Å². The van der Waals surface area contributed by atoms with Gasteiger partial charge in [0.05, 0.1) is 13.7 Å². The monoisotopic (exact) mass is 417 g/mol. The number of nitrogens with one attached hydrogen (secondary N) is 2. The maximum Gasteiger partial charge on any atom is 0.251 e. The molecule has 0 unspecified atom stereocenters. The van der Waals surface area contributed by atoms with Crippen LogP contribution < -0.4 is 15.4 Å². The summed E-state index contributed by atoms with van der Waals surface area (Å²) in [6.45, 7) is 2.26. The second kappa shape index (κ2) is 10.2. The number of carbonyl (C=O) groups excluding carboxylic acids is 2. The van der Waals surface area contributed by atoms with Gasteiger partial charge in [-0.2, -0.15) is 0 Å². The third-order valence-electron chi connectivity index (χ3n) is 5.03. The van der Waals surface area contributed by atoms with E-state index in [0.717, 1.165) is 50.4 Å². The summed E-state index contributed by atoms with van der Waals surface area (Å²) in [5, 5.41) is 5.29. The third-order valence-corrected chi connectivity index (χ3v) is 5.03. The molecule has 1 aliphatic rings. The molecule has 6 nitrogen and oxygen atoms in total. The van der Waals surface area contributed by atoms with Gasteiger partial charge < -0.3 is 15.4 Å². The molecule has 30 heavy (non-hydrogen) atoms. The zero-order valence-electron chi connectivity index (χ0n) is 16.8. The molecule has 2 aromatic rings. The van der Waals surface area contributed by atoms with Gasteiger partial charge in [-0.05, 0) is 42.7 Å². The fraction of sp³-hybridized carbons (Fsp3) is 0.364. The fourth-order valence-corrected chi connectivity index (χ4v) is 3.49. The molecule has 0 aliphatic carbocycles. The summed E-state index contributed by atoms with van der Waals surface area (Å²) in [5.41, 5.74) is 1.01. The summed E-state index contributed by atoms with van der Waals surface area (Å²) in [6.07, 6.45) is 1.61. The number of amides is 2. The summed E-state index contributed by atoms with van der Waals surface area (Å²) in [5.74, 6) is -1.88. The quantitative estimate of drug-likeness (QED) is 0.726. The van der Waals surface area contributed by atoms with Crippen LogP contribution in [0.4, 0.5) is 8.78 Å². The first-order chi connectivity index (χ1) is 14.4. The number of hydrogen-bond donors (Lipinski definition) is 2. The lowest BCUT2D eigenvalue weighted by Crippen LogP contribution is -2.47. The molecule has 2 N–H and O–H groups in total. The molecular weight excluding hydrogens is 392 g/mol. The van der Waals surface area contributed by atoms with Crippen LogP contribution in [0, 0.1) is 11.6 Å².